The van der Waals surface area contributed by atoms with Gasteiger partial charge in [0.05, 0.1) is 13.2 Å². The van der Waals surface area contributed by atoms with Crippen LogP contribution in [0.4, 0.5) is 0 Å². The number of hydrogen-bond acceptors (Lipinski definition) is 6. The molecule has 0 unspecified atom stereocenters. The zero-order valence-electron chi connectivity index (χ0n) is 22.3. The number of nitrogens with zero attached hydrogens (tertiary/aromatic N) is 1. The van der Waals surface area contributed by atoms with Crippen molar-refractivity contribution in [2.45, 2.75) is 64.5 Å². The van der Waals surface area contributed by atoms with E-state index in [0.29, 0.717) is 30.8 Å². The standard InChI is InChI=1S/C29H37N3O6/c1-29(2)12-17(23(34)13-29)10-21(24(35)15-33)31-27(36)26-18-7-4-6-16(18)14-32(26)28(37)22-11-19-20(30-22)8-5-9-25(19)38-3/h5,8-9,11,16-18,21,26,30,33H,4,6-7,10,12-15H2,1-3H3,(H,31,36)/t16-,17-,18-,21-,26-/m0/s1. The Bertz CT molecular complexity index is 1270. The molecule has 0 radical (unpaired) electrons. The minimum atomic E-state index is -0.968. The quantitative estimate of drug-likeness (QED) is 0.488. The van der Waals surface area contributed by atoms with Crippen molar-refractivity contribution in [3.8, 4) is 5.75 Å². The number of benzene rings is 1. The summed E-state index contributed by atoms with van der Waals surface area (Å²) in [5.74, 6) is -0.547. The van der Waals surface area contributed by atoms with Gasteiger partial charge in [-0.3, -0.25) is 19.2 Å². The summed E-state index contributed by atoms with van der Waals surface area (Å²) >= 11 is 0. The normalized spacial score (nSPS) is 26.9. The molecule has 1 aromatic carbocycles. The molecular weight excluding hydrogens is 486 g/mol. The number of aromatic nitrogens is 1. The van der Waals surface area contributed by atoms with Gasteiger partial charge in [0.25, 0.3) is 5.91 Å². The van der Waals surface area contributed by atoms with Gasteiger partial charge in [0.1, 0.15) is 29.9 Å². The van der Waals surface area contributed by atoms with Gasteiger partial charge in [-0.1, -0.05) is 26.3 Å². The van der Waals surface area contributed by atoms with Crippen LogP contribution in [0, 0.1) is 23.2 Å². The summed E-state index contributed by atoms with van der Waals surface area (Å²) in [5, 5.41) is 13.3. The molecule has 0 spiro atoms. The number of amides is 2. The summed E-state index contributed by atoms with van der Waals surface area (Å²) < 4.78 is 5.43. The Kier molecular flexibility index (Phi) is 7.07. The number of nitrogens with one attached hydrogen (secondary N) is 2. The lowest BCUT2D eigenvalue weighted by atomic mass is 9.88. The Morgan fingerprint density at radius 2 is 2.05 bits per heavy atom. The highest BCUT2D eigenvalue weighted by Gasteiger charge is 2.50. The van der Waals surface area contributed by atoms with Gasteiger partial charge in [0.15, 0.2) is 5.78 Å². The van der Waals surface area contributed by atoms with Crippen LogP contribution in [-0.4, -0.2) is 70.7 Å². The number of ketones is 2. The van der Waals surface area contributed by atoms with Crippen molar-refractivity contribution in [2.24, 2.45) is 23.2 Å². The highest BCUT2D eigenvalue weighted by Crippen LogP contribution is 2.44. The summed E-state index contributed by atoms with van der Waals surface area (Å²) in [4.78, 5) is 57.6. The lowest BCUT2D eigenvalue weighted by Crippen LogP contribution is -2.53. The Morgan fingerprint density at radius 3 is 2.74 bits per heavy atom. The number of carbonyl (C=O) groups excluding carboxylic acids is 4. The van der Waals surface area contributed by atoms with E-state index in [1.54, 1.807) is 18.1 Å². The zero-order chi connectivity index (χ0) is 27.2. The van der Waals surface area contributed by atoms with Crippen LogP contribution in [0.2, 0.25) is 0 Å². The fourth-order valence-corrected chi connectivity index (χ4v) is 7.03. The van der Waals surface area contributed by atoms with Crippen molar-refractivity contribution < 1.29 is 29.0 Å². The van der Waals surface area contributed by atoms with Crippen LogP contribution in [0.3, 0.4) is 0 Å². The van der Waals surface area contributed by atoms with Crippen molar-refractivity contribution in [3.05, 3.63) is 30.0 Å². The molecule has 2 heterocycles. The average molecular weight is 524 g/mol. The molecular formula is C29H37N3O6. The maximum absolute atomic E-state index is 13.8. The molecule has 3 fully saturated rings. The third-order valence-electron chi connectivity index (χ3n) is 8.78. The molecule has 0 bridgehead atoms. The Labute approximate surface area is 222 Å². The number of fused-ring (bicyclic) bond motifs is 2. The zero-order valence-corrected chi connectivity index (χ0v) is 22.3. The Balaban J connectivity index is 1.38. The summed E-state index contributed by atoms with van der Waals surface area (Å²) in [6, 6.07) is 5.62. The molecule has 5 rings (SSSR count). The van der Waals surface area contributed by atoms with E-state index in [2.05, 4.69) is 10.3 Å². The number of carbonyl (C=O) groups is 4. The van der Waals surface area contributed by atoms with Gasteiger partial charge in [-0.05, 0) is 61.1 Å². The predicted molar refractivity (Wildman–Crippen MR) is 141 cm³/mol. The summed E-state index contributed by atoms with van der Waals surface area (Å²) in [7, 11) is 1.58. The molecule has 2 aromatic rings. The van der Waals surface area contributed by atoms with Crippen LogP contribution in [0.1, 0.15) is 62.9 Å². The van der Waals surface area contributed by atoms with Crippen molar-refractivity contribution in [1.29, 1.82) is 0 Å². The first-order chi connectivity index (χ1) is 18.1. The van der Waals surface area contributed by atoms with Crippen molar-refractivity contribution in [2.75, 3.05) is 20.3 Å². The van der Waals surface area contributed by atoms with Crippen molar-refractivity contribution >= 4 is 34.3 Å². The molecule has 2 aliphatic carbocycles. The number of rotatable bonds is 8. The largest absolute Gasteiger partial charge is 0.496 e. The third kappa shape index (κ3) is 4.84. The molecule has 9 nitrogen and oxygen atoms in total. The van der Waals surface area contributed by atoms with E-state index in [1.165, 1.54) is 0 Å². The Morgan fingerprint density at radius 1 is 1.26 bits per heavy atom. The molecule has 38 heavy (non-hydrogen) atoms. The molecule has 2 amide bonds. The first-order valence-corrected chi connectivity index (χ1v) is 13.5. The van der Waals surface area contributed by atoms with Gasteiger partial charge in [-0.25, -0.2) is 0 Å². The van der Waals surface area contributed by atoms with E-state index in [4.69, 9.17) is 4.74 Å². The maximum Gasteiger partial charge on any atom is 0.271 e. The van der Waals surface area contributed by atoms with E-state index in [0.717, 1.165) is 30.2 Å². The van der Waals surface area contributed by atoms with Crippen LogP contribution in [0.5, 0.6) is 5.75 Å². The lowest BCUT2D eigenvalue weighted by molar-refractivity contribution is -0.133. The number of likely N-dealkylation sites (tertiary alicyclic amines) is 1. The first-order valence-electron chi connectivity index (χ1n) is 13.5. The molecule has 5 atom stereocenters. The van der Waals surface area contributed by atoms with Gasteiger partial charge < -0.3 is 25.0 Å². The summed E-state index contributed by atoms with van der Waals surface area (Å²) in [6.07, 6.45) is 4.03. The second-order valence-electron chi connectivity index (χ2n) is 12.0. The Hall–Kier alpha value is -3.20. The molecule has 204 valence electrons. The highest BCUT2D eigenvalue weighted by atomic mass is 16.5. The third-order valence-corrected chi connectivity index (χ3v) is 8.78. The minimum Gasteiger partial charge on any atom is -0.496 e. The fraction of sp³-hybridized carbons (Fsp3) is 0.586. The molecule has 3 aliphatic rings. The second kappa shape index (κ2) is 10.2. The molecule has 1 saturated heterocycles. The monoisotopic (exact) mass is 523 g/mol. The van der Waals surface area contributed by atoms with E-state index in [-0.39, 0.29) is 41.3 Å². The van der Waals surface area contributed by atoms with Crippen LogP contribution in [0.15, 0.2) is 24.3 Å². The van der Waals surface area contributed by atoms with Crippen LogP contribution in [-0.2, 0) is 14.4 Å². The van der Waals surface area contributed by atoms with Crippen molar-refractivity contribution in [1.82, 2.24) is 15.2 Å². The maximum atomic E-state index is 13.8. The molecule has 1 aliphatic heterocycles. The summed E-state index contributed by atoms with van der Waals surface area (Å²) in [5.41, 5.74) is 1.00. The van der Waals surface area contributed by atoms with Crippen LogP contribution in [0.25, 0.3) is 10.9 Å². The number of aliphatic hydroxyl groups is 1. The number of H-pyrrole nitrogens is 1. The minimum absolute atomic E-state index is 0.00906. The van der Waals surface area contributed by atoms with E-state index >= 15 is 0 Å². The SMILES string of the molecule is COc1cccc2[nH]c(C(=O)N3C[C@@H]4CCC[C@@H]4[C@H]3C(=O)N[C@@H](C[C@H]3CC(C)(C)CC3=O)C(=O)CO)cc12. The summed E-state index contributed by atoms with van der Waals surface area (Å²) in [6.45, 7) is 3.80. The van der Waals surface area contributed by atoms with Gasteiger partial charge in [0, 0.05) is 29.8 Å². The topological polar surface area (TPSA) is 129 Å². The lowest BCUT2D eigenvalue weighted by Gasteiger charge is -2.29. The van der Waals surface area contributed by atoms with Crippen LogP contribution < -0.4 is 10.1 Å². The number of aromatic amines is 1. The number of hydrogen-bond donors (Lipinski definition) is 3. The fourth-order valence-electron chi connectivity index (χ4n) is 7.03. The van der Waals surface area contributed by atoms with E-state index in [1.807, 2.05) is 32.0 Å². The first kappa shape index (κ1) is 26.4. The average Bonchev–Trinajstić information content (AvgIpc) is 3.64. The molecule has 3 N–H and O–H groups in total. The predicted octanol–water partition coefficient (Wildman–Crippen LogP) is 2.86. The van der Waals surface area contributed by atoms with Gasteiger partial charge >= 0.3 is 0 Å². The van der Waals surface area contributed by atoms with Gasteiger partial charge in [-0.2, -0.15) is 0 Å². The van der Waals surface area contributed by atoms with E-state index < -0.39 is 30.4 Å². The number of ether oxygens (including phenoxy) is 1. The number of methoxy groups -OCH3 is 1. The van der Waals surface area contributed by atoms with Crippen LogP contribution >= 0.6 is 0 Å². The molecule has 2 saturated carbocycles. The second-order valence-corrected chi connectivity index (χ2v) is 12.0. The number of Topliss-reactive ketones (excluding diaryl/α,β-unsaturated/α-hetero) is 2. The van der Waals surface area contributed by atoms with Gasteiger partial charge in [0.2, 0.25) is 5.91 Å². The van der Waals surface area contributed by atoms with Crippen molar-refractivity contribution in [3.63, 3.8) is 0 Å². The molecule has 9 heteroatoms. The smallest absolute Gasteiger partial charge is 0.271 e. The molecule has 1 aromatic heterocycles. The highest BCUT2D eigenvalue weighted by molar-refractivity contribution is 6.02. The number of aliphatic hydroxyl groups excluding tert-OH is 1. The van der Waals surface area contributed by atoms with E-state index in [9.17, 15) is 24.3 Å². The van der Waals surface area contributed by atoms with Gasteiger partial charge in [-0.15, -0.1) is 0 Å².